The molecule has 0 saturated heterocycles. The summed E-state index contributed by atoms with van der Waals surface area (Å²) in [6.45, 7) is 5.38. The summed E-state index contributed by atoms with van der Waals surface area (Å²) in [6, 6.07) is 0. The Kier molecular flexibility index (Phi) is 3.45. The molecule has 1 aromatic heterocycles. The number of carbonyl (C=O) groups is 1. The van der Waals surface area contributed by atoms with Crippen molar-refractivity contribution in [3.05, 3.63) is 27.4 Å². The zero-order chi connectivity index (χ0) is 14.2. The standard InChI is InChI=1S/C13H19N3O3/c1-7(2)10-14-8(3)9(11(18)15-10)12(19)16-13(6-17)4-5-13/h7,17H,4-6H2,1-3H3,(H,16,19)(H,14,15,18). The van der Waals surface area contributed by atoms with Crippen LogP contribution in [0.4, 0.5) is 0 Å². The van der Waals surface area contributed by atoms with E-state index in [0.717, 1.165) is 12.8 Å². The van der Waals surface area contributed by atoms with Crippen LogP contribution in [0.15, 0.2) is 4.79 Å². The second-order valence-electron chi connectivity index (χ2n) is 5.46. The SMILES string of the molecule is Cc1nc(C(C)C)[nH]c(=O)c1C(=O)NC1(CO)CC1. The predicted molar refractivity (Wildman–Crippen MR) is 70.2 cm³/mol. The molecule has 0 unspecified atom stereocenters. The molecule has 3 N–H and O–H groups in total. The van der Waals surface area contributed by atoms with Crippen LogP contribution < -0.4 is 10.9 Å². The topological polar surface area (TPSA) is 95.1 Å². The van der Waals surface area contributed by atoms with Gasteiger partial charge in [-0.2, -0.15) is 0 Å². The van der Waals surface area contributed by atoms with Gasteiger partial charge in [-0.15, -0.1) is 0 Å². The van der Waals surface area contributed by atoms with Crippen molar-refractivity contribution in [2.45, 2.75) is 45.1 Å². The number of nitrogens with zero attached hydrogens (tertiary/aromatic N) is 1. The smallest absolute Gasteiger partial charge is 0.264 e. The third-order valence-electron chi connectivity index (χ3n) is 3.43. The minimum Gasteiger partial charge on any atom is -0.394 e. The zero-order valence-corrected chi connectivity index (χ0v) is 11.4. The first-order valence-electron chi connectivity index (χ1n) is 6.43. The number of amides is 1. The Labute approximate surface area is 111 Å². The molecule has 0 radical (unpaired) electrons. The van der Waals surface area contributed by atoms with Gasteiger partial charge in [0.15, 0.2) is 0 Å². The number of carbonyl (C=O) groups excluding carboxylic acids is 1. The van der Waals surface area contributed by atoms with Crippen molar-refractivity contribution in [1.82, 2.24) is 15.3 Å². The number of aliphatic hydroxyl groups is 1. The summed E-state index contributed by atoms with van der Waals surface area (Å²) in [5.74, 6) is 0.200. The number of aromatic amines is 1. The van der Waals surface area contributed by atoms with Gasteiger partial charge in [0.1, 0.15) is 11.4 Å². The van der Waals surface area contributed by atoms with Gasteiger partial charge < -0.3 is 15.4 Å². The minimum absolute atomic E-state index is 0.0316. The Morgan fingerprint density at radius 3 is 2.58 bits per heavy atom. The highest BCUT2D eigenvalue weighted by atomic mass is 16.3. The van der Waals surface area contributed by atoms with Gasteiger partial charge in [0, 0.05) is 5.92 Å². The molecule has 2 rings (SSSR count). The van der Waals surface area contributed by atoms with Gasteiger partial charge in [0.25, 0.3) is 11.5 Å². The van der Waals surface area contributed by atoms with Crippen molar-refractivity contribution in [2.24, 2.45) is 0 Å². The molecule has 0 spiro atoms. The number of aliphatic hydroxyl groups excluding tert-OH is 1. The molecule has 6 heteroatoms. The lowest BCUT2D eigenvalue weighted by Gasteiger charge is -2.15. The van der Waals surface area contributed by atoms with Gasteiger partial charge in [-0.3, -0.25) is 9.59 Å². The van der Waals surface area contributed by atoms with Crippen LogP contribution in [0.25, 0.3) is 0 Å². The van der Waals surface area contributed by atoms with Crippen LogP contribution in [0.2, 0.25) is 0 Å². The third kappa shape index (κ3) is 2.68. The molecule has 1 saturated carbocycles. The van der Waals surface area contributed by atoms with E-state index in [4.69, 9.17) is 0 Å². The summed E-state index contributed by atoms with van der Waals surface area (Å²) in [6.07, 6.45) is 1.48. The number of hydrogen-bond acceptors (Lipinski definition) is 4. The predicted octanol–water partition coefficient (Wildman–Crippen LogP) is 0.456. The largest absolute Gasteiger partial charge is 0.394 e. The molecular formula is C13H19N3O3. The van der Waals surface area contributed by atoms with Crippen molar-refractivity contribution in [3.63, 3.8) is 0 Å². The Morgan fingerprint density at radius 1 is 1.53 bits per heavy atom. The first kappa shape index (κ1) is 13.7. The van der Waals surface area contributed by atoms with Gasteiger partial charge in [0.2, 0.25) is 0 Å². The summed E-state index contributed by atoms with van der Waals surface area (Å²) in [5.41, 5.74) is -0.516. The van der Waals surface area contributed by atoms with E-state index in [9.17, 15) is 14.7 Å². The van der Waals surface area contributed by atoms with E-state index >= 15 is 0 Å². The molecule has 6 nitrogen and oxygen atoms in total. The lowest BCUT2D eigenvalue weighted by molar-refractivity contribution is 0.0904. The third-order valence-corrected chi connectivity index (χ3v) is 3.43. The fraction of sp³-hybridized carbons (Fsp3) is 0.615. The van der Waals surface area contributed by atoms with E-state index in [0.29, 0.717) is 11.5 Å². The molecule has 1 heterocycles. The Morgan fingerprint density at radius 2 is 2.16 bits per heavy atom. The molecule has 0 bridgehead atoms. The zero-order valence-electron chi connectivity index (χ0n) is 11.4. The molecule has 104 valence electrons. The van der Waals surface area contributed by atoms with Crippen LogP contribution in [0, 0.1) is 6.92 Å². The number of nitrogens with one attached hydrogen (secondary N) is 2. The first-order chi connectivity index (χ1) is 8.88. The van der Waals surface area contributed by atoms with Crippen molar-refractivity contribution >= 4 is 5.91 Å². The van der Waals surface area contributed by atoms with Crippen LogP contribution in [0.3, 0.4) is 0 Å². The normalized spacial score (nSPS) is 16.5. The van der Waals surface area contributed by atoms with Crippen LogP contribution in [-0.4, -0.2) is 33.1 Å². The number of hydrogen-bond donors (Lipinski definition) is 3. The van der Waals surface area contributed by atoms with Crippen LogP contribution >= 0.6 is 0 Å². The maximum absolute atomic E-state index is 12.1. The lowest BCUT2D eigenvalue weighted by atomic mass is 10.1. The van der Waals surface area contributed by atoms with Gasteiger partial charge in [-0.05, 0) is 19.8 Å². The Bertz CT molecular complexity index is 559. The van der Waals surface area contributed by atoms with Crippen molar-refractivity contribution in [2.75, 3.05) is 6.61 Å². The van der Waals surface area contributed by atoms with E-state index in [1.165, 1.54) is 0 Å². The molecule has 0 atom stereocenters. The van der Waals surface area contributed by atoms with Gasteiger partial charge in [0.05, 0.1) is 17.8 Å². The highest BCUT2D eigenvalue weighted by Crippen LogP contribution is 2.34. The number of aryl methyl sites for hydroxylation is 1. The molecular weight excluding hydrogens is 246 g/mol. The average molecular weight is 265 g/mol. The lowest BCUT2D eigenvalue weighted by Crippen LogP contribution is -2.42. The Hall–Kier alpha value is -1.69. The maximum Gasteiger partial charge on any atom is 0.264 e. The number of H-pyrrole nitrogens is 1. The van der Waals surface area contributed by atoms with Gasteiger partial charge in [-0.1, -0.05) is 13.8 Å². The minimum atomic E-state index is -0.535. The monoisotopic (exact) mass is 265 g/mol. The van der Waals surface area contributed by atoms with Crippen LogP contribution in [0.1, 0.15) is 54.5 Å². The molecule has 1 aliphatic carbocycles. The quantitative estimate of drug-likeness (QED) is 0.737. The molecule has 1 aliphatic rings. The fourth-order valence-corrected chi connectivity index (χ4v) is 1.93. The van der Waals surface area contributed by atoms with E-state index < -0.39 is 17.0 Å². The van der Waals surface area contributed by atoms with Crippen molar-refractivity contribution < 1.29 is 9.90 Å². The van der Waals surface area contributed by atoms with Gasteiger partial charge in [-0.25, -0.2) is 4.98 Å². The fourth-order valence-electron chi connectivity index (χ4n) is 1.93. The second-order valence-corrected chi connectivity index (χ2v) is 5.46. The maximum atomic E-state index is 12.1. The summed E-state index contributed by atoms with van der Waals surface area (Å²) >= 11 is 0. The first-order valence-corrected chi connectivity index (χ1v) is 6.43. The summed E-state index contributed by atoms with van der Waals surface area (Å²) in [7, 11) is 0. The number of aromatic nitrogens is 2. The average Bonchev–Trinajstić information content (AvgIpc) is 3.08. The molecule has 19 heavy (non-hydrogen) atoms. The van der Waals surface area contributed by atoms with E-state index in [1.807, 2.05) is 13.8 Å². The highest BCUT2D eigenvalue weighted by molar-refractivity contribution is 5.95. The highest BCUT2D eigenvalue weighted by Gasteiger charge is 2.44. The molecule has 1 amide bonds. The van der Waals surface area contributed by atoms with E-state index in [-0.39, 0.29) is 18.1 Å². The second kappa shape index (κ2) is 4.77. The van der Waals surface area contributed by atoms with Gasteiger partial charge >= 0.3 is 0 Å². The Balaban J connectivity index is 2.30. The summed E-state index contributed by atoms with van der Waals surface area (Å²) in [5, 5.41) is 11.9. The molecule has 0 aromatic carbocycles. The van der Waals surface area contributed by atoms with E-state index in [2.05, 4.69) is 15.3 Å². The molecule has 1 aromatic rings. The summed E-state index contributed by atoms with van der Waals surface area (Å²) in [4.78, 5) is 31.0. The van der Waals surface area contributed by atoms with Crippen molar-refractivity contribution in [1.29, 1.82) is 0 Å². The van der Waals surface area contributed by atoms with Crippen LogP contribution in [-0.2, 0) is 0 Å². The van der Waals surface area contributed by atoms with E-state index in [1.54, 1.807) is 6.92 Å². The van der Waals surface area contributed by atoms with Crippen LogP contribution in [0.5, 0.6) is 0 Å². The molecule has 0 aliphatic heterocycles. The summed E-state index contributed by atoms with van der Waals surface area (Å²) < 4.78 is 0. The van der Waals surface area contributed by atoms with Crippen molar-refractivity contribution in [3.8, 4) is 0 Å². The number of rotatable bonds is 4. The molecule has 1 fully saturated rings.